The fourth-order valence-electron chi connectivity index (χ4n) is 3.94. The van der Waals surface area contributed by atoms with Crippen molar-refractivity contribution in [3.8, 4) is 11.3 Å². The van der Waals surface area contributed by atoms with E-state index in [0.717, 1.165) is 0 Å². The summed E-state index contributed by atoms with van der Waals surface area (Å²) >= 11 is 1.43. The number of nitrogens with one attached hydrogen (secondary N) is 1. The summed E-state index contributed by atoms with van der Waals surface area (Å²) in [6.45, 7) is 0.501. The second kappa shape index (κ2) is 8.65. The lowest BCUT2D eigenvalue weighted by molar-refractivity contribution is -0.120. The van der Waals surface area contributed by atoms with E-state index >= 15 is 0 Å². The molecule has 0 aliphatic carbocycles. The fraction of sp³-hybridized carbons (Fsp3) is 0.227. The topological polar surface area (TPSA) is 96.7 Å². The average Bonchev–Trinajstić information content (AvgIpc) is 3.43. The molecule has 1 fully saturated rings. The lowest BCUT2D eigenvalue weighted by Gasteiger charge is -2.30. The van der Waals surface area contributed by atoms with Crippen LogP contribution in [0.1, 0.15) is 12.8 Å². The van der Waals surface area contributed by atoms with Crippen molar-refractivity contribution in [3.05, 3.63) is 66.2 Å². The number of carbonyl (C=O) groups is 1. The van der Waals surface area contributed by atoms with Crippen LogP contribution in [0.4, 0.5) is 10.2 Å². The van der Waals surface area contributed by atoms with E-state index < -0.39 is 10.0 Å². The molecule has 0 unspecified atom stereocenters. The molecule has 4 heterocycles. The third-order valence-corrected chi connectivity index (χ3v) is 8.36. The summed E-state index contributed by atoms with van der Waals surface area (Å²) in [5, 5.41) is 4.85. The van der Waals surface area contributed by atoms with Gasteiger partial charge in [0.15, 0.2) is 4.96 Å². The number of hydrogen-bond donors (Lipinski definition) is 1. The van der Waals surface area contributed by atoms with Gasteiger partial charge in [0, 0.05) is 48.5 Å². The van der Waals surface area contributed by atoms with E-state index in [2.05, 4.69) is 15.3 Å². The van der Waals surface area contributed by atoms with E-state index in [1.807, 2.05) is 11.6 Å². The molecular formula is C22H20FN5O3S2. The largest absolute Gasteiger partial charge is 0.310 e. The predicted octanol–water partition coefficient (Wildman–Crippen LogP) is 3.64. The van der Waals surface area contributed by atoms with Crippen molar-refractivity contribution in [1.29, 1.82) is 0 Å². The minimum atomic E-state index is -3.63. The number of rotatable bonds is 5. The van der Waals surface area contributed by atoms with Crippen LogP contribution in [0.15, 0.2) is 65.3 Å². The maximum Gasteiger partial charge on any atom is 0.244 e. The molecule has 1 aromatic carbocycles. The molecule has 0 bridgehead atoms. The monoisotopic (exact) mass is 485 g/mol. The van der Waals surface area contributed by atoms with Crippen LogP contribution in [-0.4, -0.2) is 46.1 Å². The third kappa shape index (κ3) is 4.14. The van der Waals surface area contributed by atoms with Crippen molar-refractivity contribution >= 4 is 38.0 Å². The van der Waals surface area contributed by atoms with Gasteiger partial charge in [-0.15, -0.1) is 11.3 Å². The van der Waals surface area contributed by atoms with E-state index in [0.29, 0.717) is 34.9 Å². The highest BCUT2D eigenvalue weighted by atomic mass is 32.2. The first-order valence-corrected chi connectivity index (χ1v) is 12.7. The van der Waals surface area contributed by atoms with Crippen molar-refractivity contribution in [1.82, 2.24) is 18.7 Å². The summed E-state index contributed by atoms with van der Waals surface area (Å²) in [5.74, 6) is -0.355. The van der Waals surface area contributed by atoms with Crippen LogP contribution in [0.25, 0.3) is 16.2 Å². The SMILES string of the molecule is O=C(Nc1c(-c2ccc(F)cc2)nc2sccn12)C1CCN(S(=O)(=O)c2cccnc2)CC1. The van der Waals surface area contributed by atoms with Gasteiger partial charge in [-0.05, 0) is 49.2 Å². The highest BCUT2D eigenvalue weighted by molar-refractivity contribution is 7.89. The van der Waals surface area contributed by atoms with Gasteiger partial charge in [-0.1, -0.05) is 0 Å². The highest BCUT2D eigenvalue weighted by Crippen LogP contribution is 2.32. The summed E-state index contributed by atoms with van der Waals surface area (Å²) in [7, 11) is -3.63. The van der Waals surface area contributed by atoms with Gasteiger partial charge in [-0.25, -0.2) is 17.8 Å². The zero-order valence-electron chi connectivity index (χ0n) is 17.4. The number of pyridine rings is 1. The normalized spacial score (nSPS) is 15.7. The zero-order valence-corrected chi connectivity index (χ0v) is 19.0. The smallest absolute Gasteiger partial charge is 0.244 e. The van der Waals surface area contributed by atoms with Gasteiger partial charge in [0.2, 0.25) is 15.9 Å². The van der Waals surface area contributed by atoms with Gasteiger partial charge in [-0.3, -0.25) is 14.2 Å². The molecule has 170 valence electrons. The van der Waals surface area contributed by atoms with Gasteiger partial charge in [0.25, 0.3) is 0 Å². The number of carbonyl (C=O) groups excluding carboxylic acids is 1. The van der Waals surface area contributed by atoms with Gasteiger partial charge in [0.1, 0.15) is 22.2 Å². The van der Waals surface area contributed by atoms with Gasteiger partial charge in [0.05, 0.1) is 0 Å². The van der Waals surface area contributed by atoms with Crippen molar-refractivity contribution in [2.24, 2.45) is 5.92 Å². The molecule has 4 aromatic rings. The van der Waals surface area contributed by atoms with E-state index in [4.69, 9.17) is 0 Å². The highest BCUT2D eigenvalue weighted by Gasteiger charge is 2.33. The molecule has 1 N–H and O–H groups in total. The van der Waals surface area contributed by atoms with Crippen LogP contribution in [0.3, 0.4) is 0 Å². The fourth-order valence-corrected chi connectivity index (χ4v) is 6.09. The molecule has 0 spiro atoms. The Hall–Kier alpha value is -3.15. The maximum atomic E-state index is 13.4. The van der Waals surface area contributed by atoms with Gasteiger partial charge in [-0.2, -0.15) is 4.31 Å². The summed E-state index contributed by atoms with van der Waals surface area (Å²) in [4.78, 5) is 22.5. The molecule has 33 heavy (non-hydrogen) atoms. The maximum absolute atomic E-state index is 13.4. The van der Waals surface area contributed by atoms with E-state index in [1.54, 1.807) is 22.6 Å². The Bertz CT molecular complexity index is 1390. The molecule has 0 atom stereocenters. The van der Waals surface area contributed by atoms with Gasteiger partial charge < -0.3 is 5.32 Å². The van der Waals surface area contributed by atoms with Crippen molar-refractivity contribution in [2.45, 2.75) is 17.7 Å². The predicted molar refractivity (Wildman–Crippen MR) is 123 cm³/mol. The number of sulfonamides is 1. The Morgan fingerprint density at radius 3 is 2.61 bits per heavy atom. The van der Waals surface area contributed by atoms with Crippen molar-refractivity contribution in [3.63, 3.8) is 0 Å². The molecule has 1 aliphatic heterocycles. The van der Waals surface area contributed by atoms with Crippen LogP contribution < -0.4 is 5.32 Å². The number of anilines is 1. The zero-order chi connectivity index (χ0) is 23.0. The minimum Gasteiger partial charge on any atom is -0.310 e. The standard InChI is InChI=1S/C22H20FN5O3S2/c23-17-5-3-15(4-6-17)19-20(28-12-13-32-22(28)25-19)26-21(29)16-7-10-27(11-8-16)33(30,31)18-2-1-9-24-14-18/h1-6,9,12-14,16H,7-8,10-11H2,(H,26,29). The second-order valence-electron chi connectivity index (χ2n) is 7.73. The molecule has 8 nitrogen and oxygen atoms in total. The van der Waals surface area contributed by atoms with E-state index in [1.165, 1.54) is 46.2 Å². The molecule has 1 amide bonds. The van der Waals surface area contributed by atoms with Crippen molar-refractivity contribution in [2.75, 3.05) is 18.4 Å². The summed E-state index contributed by atoms with van der Waals surface area (Å²) < 4.78 is 42.2. The number of imidazole rings is 1. The Kier molecular flexibility index (Phi) is 5.69. The number of halogens is 1. The lowest BCUT2D eigenvalue weighted by Crippen LogP contribution is -2.41. The molecule has 11 heteroatoms. The molecule has 3 aromatic heterocycles. The molecule has 1 aliphatic rings. The quantitative estimate of drug-likeness (QED) is 0.466. The molecule has 0 radical (unpaired) electrons. The first-order valence-electron chi connectivity index (χ1n) is 10.4. The summed E-state index contributed by atoms with van der Waals surface area (Å²) in [6.07, 6.45) is 5.48. The number of fused-ring (bicyclic) bond motifs is 1. The first kappa shape index (κ1) is 21.7. The van der Waals surface area contributed by atoms with Crippen molar-refractivity contribution < 1.29 is 17.6 Å². The van der Waals surface area contributed by atoms with Crippen LogP contribution >= 0.6 is 11.3 Å². The molecule has 0 saturated carbocycles. The minimum absolute atomic E-state index is 0.149. The van der Waals surface area contributed by atoms with E-state index in [-0.39, 0.29) is 35.6 Å². The summed E-state index contributed by atoms with van der Waals surface area (Å²) in [6, 6.07) is 9.06. The lowest BCUT2D eigenvalue weighted by atomic mass is 9.97. The van der Waals surface area contributed by atoms with Gasteiger partial charge >= 0.3 is 0 Å². The van der Waals surface area contributed by atoms with E-state index in [9.17, 15) is 17.6 Å². The number of amides is 1. The Balaban J connectivity index is 1.33. The number of piperidine rings is 1. The number of aromatic nitrogens is 3. The number of thiazole rings is 1. The third-order valence-electron chi connectivity index (χ3n) is 5.72. The number of benzene rings is 1. The Morgan fingerprint density at radius 1 is 1.15 bits per heavy atom. The average molecular weight is 486 g/mol. The molecule has 1 saturated heterocycles. The Labute approximate surface area is 193 Å². The van der Waals surface area contributed by atoms with Crippen LogP contribution in [-0.2, 0) is 14.8 Å². The molecule has 5 rings (SSSR count). The van der Waals surface area contributed by atoms with Crippen LogP contribution in [0, 0.1) is 11.7 Å². The first-order chi connectivity index (χ1) is 15.9. The summed E-state index contributed by atoms with van der Waals surface area (Å²) in [5.41, 5.74) is 1.26. The Morgan fingerprint density at radius 2 is 1.91 bits per heavy atom. The van der Waals surface area contributed by atoms with Crippen LogP contribution in [0.2, 0.25) is 0 Å². The number of nitrogens with zero attached hydrogens (tertiary/aromatic N) is 4. The number of hydrogen-bond acceptors (Lipinski definition) is 6. The van der Waals surface area contributed by atoms with Crippen LogP contribution in [0.5, 0.6) is 0 Å². The molecular weight excluding hydrogens is 465 g/mol. The second-order valence-corrected chi connectivity index (χ2v) is 10.5.